The molecule has 4 nitrogen and oxygen atoms in total. The Hall–Kier alpha value is -2.07. The highest BCUT2D eigenvalue weighted by Gasteiger charge is 2.44. The van der Waals surface area contributed by atoms with E-state index in [2.05, 4.69) is 13.2 Å². The summed E-state index contributed by atoms with van der Waals surface area (Å²) in [5, 5.41) is 10.1. The van der Waals surface area contributed by atoms with Crippen LogP contribution in [0.15, 0.2) is 55.6 Å². The topological polar surface area (TPSA) is 49.8 Å². The summed E-state index contributed by atoms with van der Waals surface area (Å²) >= 11 is 0. The number of carbonyl (C=O) groups is 1. The monoisotopic (exact) mass is 315 g/mol. The van der Waals surface area contributed by atoms with E-state index in [1.807, 2.05) is 37.3 Å². The number of allylic oxidation sites excluding steroid dienone is 1. The van der Waals surface area contributed by atoms with Gasteiger partial charge in [0.1, 0.15) is 6.61 Å². The first kappa shape index (κ1) is 17.3. The summed E-state index contributed by atoms with van der Waals surface area (Å²) in [6, 6.07) is 10.0. The number of cyclic esters (lactones) is 1. The molecule has 0 bridgehead atoms. The van der Waals surface area contributed by atoms with Crippen LogP contribution in [-0.4, -0.2) is 40.9 Å². The predicted molar refractivity (Wildman–Crippen MR) is 91.1 cm³/mol. The maximum Gasteiger partial charge on any atom is 0.410 e. The van der Waals surface area contributed by atoms with Crippen LogP contribution in [0.3, 0.4) is 0 Å². The van der Waals surface area contributed by atoms with E-state index in [-0.39, 0.29) is 12.0 Å². The van der Waals surface area contributed by atoms with Gasteiger partial charge >= 0.3 is 6.09 Å². The molecule has 1 N–H and O–H groups in total. The van der Waals surface area contributed by atoms with Crippen LogP contribution in [0.5, 0.6) is 0 Å². The molecule has 0 spiro atoms. The molecule has 1 aromatic rings. The molecule has 3 atom stereocenters. The fourth-order valence-electron chi connectivity index (χ4n) is 3.03. The molecule has 124 valence electrons. The van der Waals surface area contributed by atoms with Crippen LogP contribution in [0.4, 0.5) is 4.79 Å². The third kappa shape index (κ3) is 4.02. The van der Waals surface area contributed by atoms with Crippen LogP contribution < -0.4 is 0 Å². The fourth-order valence-corrected chi connectivity index (χ4v) is 3.03. The zero-order valence-electron chi connectivity index (χ0n) is 13.6. The highest BCUT2D eigenvalue weighted by Crippen LogP contribution is 2.30. The summed E-state index contributed by atoms with van der Waals surface area (Å²) in [7, 11) is 0. The van der Waals surface area contributed by atoms with Crippen molar-refractivity contribution in [3.05, 3.63) is 61.2 Å². The number of ether oxygens (including phenoxy) is 1. The zero-order valence-corrected chi connectivity index (χ0v) is 13.6. The average molecular weight is 315 g/mol. The number of aliphatic hydroxyl groups is 1. The Balaban J connectivity index is 2.17. The second-order valence-electron chi connectivity index (χ2n) is 6.34. The van der Waals surface area contributed by atoms with Gasteiger partial charge in [-0.15, -0.1) is 13.2 Å². The SMILES string of the molecule is C=CC[C@H](CN1C(=O)OC[C@]1(C)Cc1ccccc1)C(O)C=C. The summed E-state index contributed by atoms with van der Waals surface area (Å²) in [5.74, 6) is -0.134. The standard InChI is InChI=1S/C19H25NO3/c1-4-9-16(17(21)5-2)13-20-18(22)23-14-19(20,3)12-15-10-7-6-8-11-15/h4-8,10-11,16-17,21H,1-2,9,12-14H2,3H3/t16-,17?,19+/m1/s1. The van der Waals surface area contributed by atoms with Crippen LogP contribution in [0.1, 0.15) is 18.9 Å². The van der Waals surface area contributed by atoms with Crippen molar-refractivity contribution in [3.63, 3.8) is 0 Å². The lowest BCUT2D eigenvalue weighted by Crippen LogP contribution is -2.49. The van der Waals surface area contributed by atoms with Gasteiger partial charge in [-0.25, -0.2) is 4.79 Å². The highest BCUT2D eigenvalue weighted by molar-refractivity contribution is 5.71. The number of hydrogen-bond acceptors (Lipinski definition) is 3. The third-order valence-corrected chi connectivity index (χ3v) is 4.42. The molecule has 2 rings (SSSR count). The second kappa shape index (κ2) is 7.47. The van der Waals surface area contributed by atoms with E-state index in [4.69, 9.17) is 4.74 Å². The van der Waals surface area contributed by atoms with E-state index in [0.29, 0.717) is 26.0 Å². The van der Waals surface area contributed by atoms with Gasteiger partial charge in [-0.2, -0.15) is 0 Å². The van der Waals surface area contributed by atoms with E-state index in [0.717, 1.165) is 5.56 Å². The van der Waals surface area contributed by atoms with Crippen molar-refractivity contribution >= 4 is 6.09 Å². The molecule has 0 aliphatic carbocycles. The lowest BCUT2D eigenvalue weighted by molar-refractivity contribution is 0.0956. The second-order valence-corrected chi connectivity index (χ2v) is 6.34. The van der Waals surface area contributed by atoms with Crippen molar-refractivity contribution in [3.8, 4) is 0 Å². The van der Waals surface area contributed by atoms with Gasteiger partial charge in [0, 0.05) is 12.5 Å². The summed E-state index contributed by atoms with van der Waals surface area (Å²) in [6.45, 7) is 10.2. The largest absolute Gasteiger partial charge is 0.447 e. The number of hydrogen-bond donors (Lipinski definition) is 1. The first-order chi connectivity index (χ1) is 11.0. The van der Waals surface area contributed by atoms with E-state index < -0.39 is 11.6 Å². The van der Waals surface area contributed by atoms with Gasteiger partial charge in [0.25, 0.3) is 0 Å². The Bertz CT molecular complexity index is 557. The number of aliphatic hydroxyl groups excluding tert-OH is 1. The van der Waals surface area contributed by atoms with Gasteiger partial charge in [0.2, 0.25) is 0 Å². The van der Waals surface area contributed by atoms with E-state index in [9.17, 15) is 9.90 Å². The van der Waals surface area contributed by atoms with Crippen molar-refractivity contribution in [2.45, 2.75) is 31.4 Å². The van der Waals surface area contributed by atoms with E-state index >= 15 is 0 Å². The summed E-state index contributed by atoms with van der Waals surface area (Å²) < 4.78 is 5.30. The van der Waals surface area contributed by atoms with Crippen molar-refractivity contribution < 1.29 is 14.6 Å². The Morgan fingerprint density at radius 1 is 1.39 bits per heavy atom. The Morgan fingerprint density at radius 3 is 2.70 bits per heavy atom. The number of rotatable bonds is 8. The Labute approximate surface area is 138 Å². The molecule has 1 unspecified atom stereocenters. The van der Waals surface area contributed by atoms with Crippen molar-refractivity contribution in [2.75, 3.05) is 13.2 Å². The van der Waals surface area contributed by atoms with Gasteiger partial charge in [-0.3, -0.25) is 4.90 Å². The first-order valence-corrected chi connectivity index (χ1v) is 7.90. The molecule has 4 heteroatoms. The molecule has 1 heterocycles. The van der Waals surface area contributed by atoms with Gasteiger partial charge in [-0.1, -0.05) is 42.5 Å². The van der Waals surface area contributed by atoms with Crippen LogP contribution in [0, 0.1) is 5.92 Å². The maximum absolute atomic E-state index is 12.2. The van der Waals surface area contributed by atoms with Crippen molar-refractivity contribution in [1.82, 2.24) is 4.90 Å². The quantitative estimate of drug-likeness (QED) is 0.750. The summed E-state index contributed by atoms with van der Waals surface area (Å²) in [6.07, 6.45) is 3.58. The number of amides is 1. The number of benzene rings is 1. The van der Waals surface area contributed by atoms with Gasteiger partial charge in [0.15, 0.2) is 0 Å². The molecular weight excluding hydrogens is 290 g/mol. The molecule has 1 aromatic carbocycles. The van der Waals surface area contributed by atoms with Crippen molar-refractivity contribution in [2.24, 2.45) is 5.92 Å². The molecule has 0 radical (unpaired) electrons. The minimum atomic E-state index is -0.678. The Kier molecular flexibility index (Phi) is 5.61. The summed E-state index contributed by atoms with van der Waals surface area (Å²) in [4.78, 5) is 13.9. The molecule has 1 saturated heterocycles. The molecule has 1 aliphatic rings. The van der Waals surface area contributed by atoms with Crippen LogP contribution in [0.25, 0.3) is 0 Å². The lowest BCUT2D eigenvalue weighted by atomic mass is 9.90. The molecule has 0 aromatic heterocycles. The fraction of sp³-hybridized carbons (Fsp3) is 0.421. The minimum Gasteiger partial charge on any atom is -0.447 e. The van der Waals surface area contributed by atoms with Crippen LogP contribution >= 0.6 is 0 Å². The molecule has 1 amide bonds. The Morgan fingerprint density at radius 2 is 2.09 bits per heavy atom. The maximum atomic E-state index is 12.2. The lowest BCUT2D eigenvalue weighted by Gasteiger charge is -2.35. The molecule has 1 aliphatic heterocycles. The number of carbonyl (C=O) groups excluding carboxylic acids is 1. The van der Waals surface area contributed by atoms with Crippen LogP contribution in [0.2, 0.25) is 0 Å². The number of nitrogens with zero attached hydrogens (tertiary/aromatic N) is 1. The molecule has 1 fully saturated rings. The van der Waals surface area contributed by atoms with E-state index in [1.54, 1.807) is 11.0 Å². The third-order valence-electron chi connectivity index (χ3n) is 4.42. The molecule has 0 saturated carbocycles. The smallest absolute Gasteiger partial charge is 0.410 e. The van der Waals surface area contributed by atoms with Crippen LogP contribution in [-0.2, 0) is 11.2 Å². The van der Waals surface area contributed by atoms with Gasteiger partial charge in [-0.05, 0) is 25.3 Å². The highest BCUT2D eigenvalue weighted by atomic mass is 16.6. The van der Waals surface area contributed by atoms with E-state index in [1.165, 1.54) is 6.08 Å². The van der Waals surface area contributed by atoms with Crippen molar-refractivity contribution in [1.29, 1.82) is 0 Å². The first-order valence-electron chi connectivity index (χ1n) is 7.90. The normalized spacial score (nSPS) is 23.2. The molecular formula is C19H25NO3. The van der Waals surface area contributed by atoms with Gasteiger partial charge in [0.05, 0.1) is 11.6 Å². The predicted octanol–water partition coefficient (Wildman–Crippen LogP) is 3.18. The van der Waals surface area contributed by atoms with Gasteiger partial charge < -0.3 is 9.84 Å². The zero-order chi connectivity index (χ0) is 16.9. The summed E-state index contributed by atoms with van der Waals surface area (Å²) in [5.41, 5.74) is 0.737. The minimum absolute atomic E-state index is 0.134. The average Bonchev–Trinajstić information content (AvgIpc) is 2.82. The molecule has 23 heavy (non-hydrogen) atoms.